The van der Waals surface area contributed by atoms with Gasteiger partial charge in [-0.15, -0.1) is 0 Å². The molecule has 0 radical (unpaired) electrons. The van der Waals surface area contributed by atoms with Gasteiger partial charge in [0.1, 0.15) is 6.54 Å². The molecular formula is C11H14N4O4. The van der Waals surface area contributed by atoms with Crippen LogP contribution in [-0.2, 0) is 20.9 Å². The molecule has 2 heterocycles. The molecule has 2 rings (SSSR count). The van der Waals surface area contributed by atoms with Crippen LogP contribution < -0.4 is 5.32 Å². The van der Waals surface area contributed by atoms with Crippen LogP contribution in [0.2, 0.25) is 0 Å². The highest BCUT2D eigenvalue weighted by molar-refractivity contribution is 5.94. The Labute approximate surface area is 109 Å². The van der Waals surface area contributed by atoms with Crippen molar-refractivity contribution in [2.45, 2.75) is 19.4 Å². The van der Waals surface area contributed by atoms with Crippen LogP contribution in [0.4, 0.5) is 5.69 Å². The van der Waals surface area contributed by atoms with Crippen LogP contribution >= 0.6 is 0 Å². The largest absolute Gasteiger partial charge is 0.480 e. The minimum Gasteiger partial charge on any atom is -0.480 e. The van der Waals surface area contributed by atoms with E-state index in [2.05, 4.69) is 10.4 Å². The average Bonchev–Trinajstić information content (AvgIpc) is 2.89. The summed E-state index contributed by atoms with van der Waals surface area (Å²) >= 11 is 0. The van der Waals surface area contributed by atoms with E-state index in [4.69, 9.17) is 5.11 Å². The summed E-state index contributed by atoms with van der Waals surface area (Å²) < 4.78 is 1.21. The van der Waals surface area contributed by atoms with Crippen molar-refractivity contribution in [2.75, 3.05) is 18.4 Å². The van der Waals surface area contributed by atoms with E-state index in [0.29, 0.717) is 18.7 Å². The van der Waals surface area contributed by atoms with E-state index in [0.717, 1.165) is 6.42 Å². The maximum absolute atomic E-state index is 11.7. The van der Waals surface area contributed by atoms with Gasteiger partial charge in [-0.1, -0.05) is 0 Å². The van der Waals surface area contributed by atoms with Crippen molar-refractivity contribution in [3.63, 3.8) is 0 Å². The Morgan fingerprint density at radius 1 is 1.42 bits per heavy atom. The maximum atomic E-state index is 11.7. The van der Waals surface area contributed by atoms with Crippen LogP contribution in [0.1, 0.15) is 12.8 Å². The zero-order valence-corrected chi connectivity index (χ0v) is 10.2. The van der Waals surface area contributed by atoms with Crippen molar-refractivity contribution in [1.82, 2.24) is 14.7 Å². The first-order valence-electron chi connectivity index (χ1n) is 5.86. The standard InChI is InChI=1S/C11H14N4O4/c16-9(6-14-3-1-2-10(14)17)13-8-4-12-15(5-8)7-11(18)19/h4-5H,1-3,6-7H2,(H,13,16)(H,18,19). The molecular weight excluding hydrogens is 252 g/mol. The molecule has 1 aliphatic rings. The van der Waals surface area contributed by atoms with Gasteiger partial charge in [0.25, 0.3) is 0 Å². The number of carbonyl (C=O) groups excluding carboxylic acids is 2. The predicted octanol–water partition coefficient (Wildman–Crippen LogP) is -0.471. The summed E-state index contributed by atoms with van der Waals surface area (Å²) in [5.74, 6) is -1.34. The first-order valence-corrected chi connectivity index (χ1v) is 5.86. The van der Waals surface area contributed by atoms with Crippen LogP contribution in [0.5, 0.6) is 0 Å². The number of likely N-dealkylation sites (tertiary alicyclic amines) is 1. The molecule has 1 fully saturated rings. The number of carbonyl (C=O) groups is 3. The molecule has 8 nitrogen and oxygen atoms in total. The van der Waals surface area contributed by atoms with Gasteiger partial charge in [-0.2, -0.15) is 5.10 Å². The fourth-order valence-corrected chi connectivity index (χ4v) is 1.90. The number of rotatable bonds is 5. The number of nitrogens with zero attached hydrogens (tertiary/aromatic N) is 3. The molecule has 0 bridgehead atoms. The number of carboxylic acid groups (broad SMARTS) is 1. The van der Waals surface area contributed by atoms with Crippen molar-refractivity contribution in [1.29, 1.82) is 0 Å². The lowest BCUT2D eigenvalue weighted by atomic mass is 10.4. The second-order valence-corrected chi connectivity index (χ2v) is 4.29. The highest BCUT2D eigenvalue weighted by atomic mass is 16.4. The Bertz CT molecular complexity index is 511. The smallest absolute Gasteiger partial charge is 0.325 e. The molecule has 0 aromatic carbocycles. The summed E-state index contributed by atoms with van der Waals surface area (Å²) in [4.78, 5) is 35.0. The zero-order chi connectivity index (χ0) is 13.8. The lowest BCUT2D eigenvalue weighted by Crippen LogP contribution is -2.33. The highest BCUT2D eigenvalue weighted by Gasteiger charge is 2.22. The Morgan fingerprint density at radius 2 is 2.21 bits per heavy atom. The van der Waals surface area contributed by atoms with E-state index >= 15 is 0 Å². The summed E-state index contributed by atoms with van der Waals surface area (Å²) in [5.41, 5.74) is 0.415. The molecule has 8 heteroatoms. The lowest BCUT2D eigenvalue weighted by molar-refractivity contribution is -0.137. The van der Waals surface area contributed by atoms with Gasteiger partial charge in [0.05, 0.1) is 18.4 Å². The summed E-state index contributed by atoms with van der Waals surface area (Å²) in [7, 11) is 0. The minimum absolute atomic E-state index is 0.0168. The summed E-state index contributed by atoms with van der Waals surface area (Å²) in [6.07, 6.45) is 4.07. The van der Waals surface area contributed by atoms with Crippen LogP contribution in [-0.4, -0.2) is 50.7 Å². The molecule has 2 amide bonds. The Kier molecular flexibility index (Phi) is 3.79. The van der Waals surface area contributed by atoms with E-state index < -0.39 is 5.97 Å². The Morgan fingerprint density at radius 3 is 2.84 bits per heavy atom. The zero-order valence-electron chi connectivity index (χ0n) is 10.2. The maximum Gasteiger partial charge on any atom is 0.325 e. The molecule has 0 unspecified atom stereocenters. The number of amides is 2. The third kappa shape index (κ3) is 3.54. The third-order valence-electron chi connectivity index (χ3n) is 2.72. The lowest BCUT2D eigenvalue weighted by Gasteiger charge is -2.14. The third-order valence-corrected chi connectivity index (χ3v) is 2.72. The summed E-state index contributed by atoms with van der Waals surface area (Å²) in [6, 6.07) is 0. The second-order valence-electron chi connectivity index (χ2n) is 4.29. The Hall–Kier alpha value is -2.38. The molecule has 19 heavy (non-hydrogen) atoms. The first-order chi connectivity index (χ1) is 9.04. The molecule has 1 aromatic heterocycles. The number of anilines is 1. The van der Waals surface area contributed by atoms with Gasteiger partial charge >= 0.3 is 5.97 Å². The second kappa shape index (κ2) is 5.51. The fraction of sp³-hybridized carbons (Fsp3) is 0.455. The summed E-state index contributed by atoms with van der Waals surface area (Å²) in [5, 5.41) is 15.0. The van der Waals surface area contributed by atoms with Gasteiger partial charge in [0, 0.05) is 19.2 Å². The highest BCUT2D eigenvalue weighted by Crippen LogP contribution is 2.10. The predicted molar refractivity (Wildman–Crippen MR) is 64.3 cm³/mol. The number of carboxylic acids is 1. The van der Waals surface area contributed by atoms with E-state index in [1.807, 2.05) is 0 Å². The van der Waals surface area contributed by atoms with Gasteiger partial charge in [0.2, 0.25) is 11.8 Å². The van der Waals surface area contributed by atoms with E-state index in [1.54, 1.807) is 0 Å². The molecule has 0 spiro atoms. The van der Waals surface area contributed by atoms with Gasteiger partial charge in [-0.25, -0.2) is 0 Å². The minimum atomic E-state index is -1.01. The topological polar surface area (TPSA) is 105 Å². The van der Waals surface area contributed by atoms with Crippen molar-refractivity contribution >= 4 is 23.5 Å². The molecule has 1 aromatic rings. The number of aliphatic carboxylic acids is 1. The fourth-order valence-electron chi connectivity index (χ4n) is 1.90. The van der Waals surface area contributed by atoms with Gasteiger partial charge in [0.15, 0.2) is 0 Å². The van der Waals surface area contributed by atoms with E-state index in [-0.39, 0.29) is 24.9 Å². The van der Waals surface area contributed by atoms with E-state index in [9.17, 15) is 14.4 Å². The average molecular weight is 266 g/mol. The van der Waals surface area contributed by atoms with Crippen molar-refractivity contribution in [3.8, 4) is 0 Å². The normalized spacial score (nSPS) is 14.7. The molecule has 1 saturated heterocycles. The van der Waals surface area contributed by atoms with Crippen molar-refractivity contribution < 1.29 is 19.5 Å². The van der Waals surface area contributed by atoms with Crippen LogP contribution in [0, 0.1) is 0 Å². The van der Waals surface area contributed by atoms with Crippen molar-refractivity contribution in [3.05, 3.63) is 12.4 Å². The van der Waals surface area contributed by atoms with Crippen LogP contribution in [0.25, 0.3) is 0 Å². The van der Waals surface area contributed by atoms with Crippen LogP contribution in [0.3, 0.4) is 0 Å². The molecule has 1 aliphatic heterocycles. The van der Waals surface area contributed by atoms with E-state index in [1.165, 1.54) is 22.0 Å². The van der Waals surface area contributed by atoms with Crippen LogP contribution in [0.15, 0.2) is 12.4 Å². The molecule has 0 saturated carbocycles. The molecule has 0 atom stereocenters. The van der Waals surface area contributed by atoms with Gasteiger partial charge < -0.3 is 15.3 Å². The Balaban J connectivity index is 1.86. The molecule has 2 N–H and O–H groups in total. The number of nitrogens with one attached hydrogen (secondary N) is 1. The van der Waals surface area contributed by atoms with Crippen molar-refractivity contribution in [2.24, 2.45) is 0 Å². The quantitative estimate of drug-likeness (QED) is 0.749. The number of hydrogen-bond acceptors (Lipinski definition) is 4. The molecule has 102 valence electrons. The monoisotopic (exact) mass is 266 g/mol. The van der Waals surface area contributed by atoms with Gasteiger partial charge in [-0.05, 0) is 6.42 Å². The van der Waals surface area contributed by atoms with Gasteiger partial charge in [-0.3, -0.25) is 19.1 Å². The summed E-state index contributed by atoms with van der Waals surface area (Å²) in [6.45, 7) is 0.355. The first kappa shape index (κ1) is 13.1. The number of aromatic nitrogens is 2. The molecule has 0 aliphatic carbocycles. The number of hydrogen-bond donors (Lipinski definition) is 2. The SMILES string of the molecule is O=C(O)Cn1cc(NC(=O)CN2CCCC2=O)cn1.